The van der Waals surface area contributed by atoms with E-state index in [-0.39, 0.29) is 5.41 Å². The van der Waals surface area contributed by atoms with Gasteiger partial charge in [-0.1, -0.05) is 72.8 Å². The molecule has 0 N–H and O–H groups in total. The summed E-state index contributed by atoms with van der Waals surface area (Å²) in [6.45, 7) is 3.83. The van der Waals surface area contributed by atoms with Crippen molar-refractivity contribution in [2.45, 2.75) is 50.2 Å². The maximum absolute atomic E-state index is 6.29. The molecule has 1 saturated heterocycles. The highest BCUT2D eigenvalue weighted by atomic mass is 16.5. The molecule has 1 saturated carbocycles. The van der Waals surface area contributed by atoms with E-state index in [4.69, 9.17) is 9.47 Å². The molecule has 3 aromatic rings. The van der Waals surface area contributed by atoms with E-state index in [1.165, 1.54) is 42.4 Å². The molecular formula is C31H37NO2. The molecule has 34 heavy (non-hydrogen) atoms. The molecule has 2 fully saturated rings. The van der Waals surface area contributed by atoms with Gasteiger partial charge in [-0.3, -0.25) is 4.90 Å². The minimum absolute atomic E-state index is 0.262. The Morgan fingerprint density at radius 1 is 0.882 bits per heavy atom. The number of nitrogens with zero attached hydrogens (tertiary/aromatic N) is 1. The second-order valence-electron chi connectivity index (χ2n) is 10.1. The van der Waals surface area contributed by atoms with E-state index >= 15 is 0 Å². The largest absolute Gasteiger partial charge is 0.497 e. The smallest absolute Gasteiger partial charge is 0.119 e. The van der Waals surface area contributed by atoms with Crippen molar-refractivity contribution in [2.75, 3.05) is 26.8 Å². The zero-order valence-corrected chi connectivity index (χ0v) is 20.4. The topological polar surface area (TPSA) is 21.7 Å². The molecule has 0 radical (unpaired) electrons. The minimum atomic E-state index is 0.262. The van der Waals surface area contributed by atoms with E-state index in [1.54, 1.807) is 7.11 Å². The molecule has 1 heterocycles. The van der Waals surface area contributed by atoms with Crippen molar-refractivity contribution in [1.29, 1.82) is 0 Å². The van der Waals surface area contributed by atoms with Crippen molar-refractivity contribution in [2.24, 2.45) is 5.92 Å². The molecule has 0 spiro atoms. The van der Waals surface area contributed by atoms with Crippen LogP contribution in [0.4, 0.5) is 0 Å². The van der Waals surface area contributed by atoms with E-state index in [2.05, 4.69) is 89.8 Å². The lowest BCUT2D eigenvalue weighted by Crippen LogP contribution is -2.56. The average Bonchev–Trinajstić information content (AvgIpc) is 2.91. The molecule has 3 atom stereocenters. The number of piperidine rings is 1. The fraction of sp³-hybridized carbons (Fsp3) is 0.419. The van der Waals surface area contributed by atoms with Crippen LogP contribution < -0.4 is 4.74 Å². The number of likely N-dealkylation sites (tertiary alicyclic amines) is 1. The van der Waals surface area contributed by atoms with Gasteiger partial charge in [0.2, 0.25) is 0 Å². The molecule has 3 unspecified atom stereocenters. The summed E-state index contributed by atoms with van der Waals surface area (Å²) in [5.41, 5.74) is 4.41. The van der Waals surface area contributed by atoms with Crippen molar-refractivity contribution in [3.05, 3.63) is 102 Å². The third-order valence-electron chi connectivity index (χ3n) is 8.14. The van der Waals surface area contributed by atoms with Gasteiger partial charge in [0, 0.05) is 12.6 Å². The Bertz CT molecular complexity index is 1040. The van der Waals surface area contributed by atoms with Gasteiger partial charge in [-0.15, -0.1) is 0 Å². The quantitative estimate of drug-likeness (QED) is 0.380. The van der Waals surface area contributed by atoms with Crippen molar-refractivity contribution < 1.29 is 9.47 Å². The molecule has 2 aliphatic rings. The molecule has 5 rings (SSSR count). The van der Waals surface area contributed by atoms with Crippen LogP contribution in [0.1, 0.15) is 42.4 Å². The summed E-state index contributed by atoms with van der Waals surface area (Å²) < 4.78 is 11.9. The Balaban J connectivity index is 1.31. The van der Waals surface area contributed by atoms with Gasteiger partial charge in [0.25, 0.3) is 0 Å². The number of methoxy groups -OCH3 is 1. The number of rotatable bonds is 9. The van der Waals surface area contributed by atoms with Crippen molar-refractivity contribution >= 4 is 0 Å². The summed E-state index contributed by atoms with van der Waals surface area (Å²) >= 11 is 0. The third-order valence-corrected chi connectivity index (χ3v) is 8.14. The second kappa shape index (κ2) is 10.8. The Labute approximate surface area is 204 Å². The lowest BCUT2D eigenvalue weighted by Gasteiger charge is -2.54. The zero-order valence-electron chi connectivity index (χ0n) is 20.4. The molecule has 1 aliphatic heterocycles. The van der Waals surface area contributed by atoms with E-state index in [0.29, 0.717) is 18.6 Å². The SMILES string of the molecule is COc1cccc(C23CCC(COCc4ccccc4)C(C2)N(CCc2ccccc2)CC3)c1. The van der Waals surface area contributed by atoms with Crippen LogP contribution >= 0.6 is 0 Å². The highest BCUT2D eigenvalue weighted by molar-refractivity contribution is 5.35. The Morgan fingerprint density at radius 3 is 2.41 bits per heavy atom. The maximum Gasteiger partial charge on any atom is 0.119 e. The first-order valence-electron chi connectivity index (χ1n) is 12.8. The molecule has 3 aromatic carbocycles. The molecule has 2 bridgehead atoms. The van der Waals surface area contributed by atoms with E-state index < -0.39 is 0 Å². The number of hydrogen-bond donors (Lipinski definition) is 0. The fourth-order valence-electron chi connectivity index (χ4n) is 6.15. The van der Waals surface area contributed by atoms with Crippen LogP contribution in [0.5, 0.6) is 5.75 Å². The van der Waals surface area contributed by atoms with Gasteiger partial charge in [0.05, 0.1) is 20.3 Å². The first-order valence-corrected chi connectivity index (χ1v) is 12.8. The van der Waals surface area contributed by atoms with Gasteiger partial charge >= 0.3 is 0 Å². The number of ether oxygens (including phenoxy) is 2. The minimum Gasteiger partial charge on any atom is -0.497 e. The van der Waals surface area contributed by atoms with Crippen LogP contribution in [0.3, 0.4) is 0 Å². The predicted octanol–water partition coefficient (Wildman–Crippen LogP) is 6.27. The maximum atomic E-state index is 6.29. The Hall–Kier alpha value is -2.62. The van der Waals surface area contributed by atoms with Gasteiger partial charge in [0.1, 0.15) is 5.75 Å². The highest BCUT2D eigenvalue weighted by Crippen LogP contribution is 2.49. The second-order valence-corrected chi connectivity index (χ2v) is 10.1. The Kier molecular flexibility index (Phi) is 7.32. The van der Waals surface area contributed by atoms with Crippen LogP contribution in [-0.4, -0.2) is 37.7 Å². The van der Waals surface area contributed by atoms with Gasteiger partial charge in [0.15, 0.2) is 0 Å². The van der Waals surface area contributed by atoms with Gasteiger partial charge in [-0.05, 0) is 78.8 Å². The van der Waals surface area contributed by atoms with E-state index in [9.17, 15) is 0 Å². The van der Waals surface area contributed by atoms with Gasteiger partial charge < -0.3 is 9.47 Å². The van der Waals surface area contributed by atoms with E-state index in [1.807, 2.05) is 0 Å². The summed E-state index contributed by atoms with van der Waals surface area (Å²) in [5, 5.41) is 0. The number of hydrogen-bond acceptors (Lipinski definition) is 3. The third kappa shape index (κ3) is 5.21. The van der Waals surface area contributed by atoms with Gasteiger partial charge in [-0.25, -0.2) is 0 Å². The fourth-order valence-corrected chi connectivity index (χ4v) is 6.15. The summed E-state index contributed by atoms with van der Waals surface area (Å²) in [4.78, 5) is 2.77. The first-order chi connectivity index (χ1) is 16.8. The Morgan fingerprint density at radius 2 is 1.65 bits per heavy atom. The molecular weight excluding hydrogens is 418 g/mol. The summed E-state index contributed by atoms with van der Waals surface area (Å²) in [5.74, 6) is 1.56. The summed E-state index contributed by atoms with van der Waals surface area (Å²) in [6, 6.07) is 30.9. The zero-order chi connectivity index (χ0) is 23.2. The molecule has 3 nitrogen and oxygen atoms in total. The molecule has 0 amide bonds. The standard InChI is InChI=1S/C31H37NO2/c1-33-29-14-8-13-28(21-29)31-17-15-27(24-34-23-26-11-6-3-7-12-26)30(22-31)32(20-18-31)19-16-25-9-4-2-5-10-25/h2-14,21,27,30H,15-20,22-24H2,1H3. The van der Waals surface area contributed by atoms with Crippen molar-refractivity contribution in [1.82, 2.24) is 4.90 Å². The van der Waals surface area contributed by atoms with Crippen LogP contribution in [0.25, 0.3) is 0 Å². The number of fused-ring (bicyclic) bond motifs is 2. The van der Waals surface area contributed by atoms with Gasteiger partial charge in [-0.2, -0.15) is 0 Å². The first kappa shape index (κ1) is 23.1. The monoisotopic (exact) mass is 455 g/mol. The van der Waals surface area contributed by atoms with Crippen LogP contribution in [0.2, 0.25) is 0 Å². The predicted molar refractivity (Wildman–Crippen MR) is 138 cm³/mol. The van der Waals surface area contributed by atoms with Crippen molar-refractivity contribution in [3.63, 3.8) is 0 Å². The van der Waals surface area contributed by atoms with Crippen molar-refractivity contribution in [3.8, 4) is 5.75 Å². The van der Waals surface area contributed by atoms with Crippen LogP contribution in [-0.2, 0) is 23.2 Å². The van der Waals surface area contributed by atoms with Crippen LogP contribution in [0, 0.1) is 5.92 Å². The summed E-state index contributed by atoms with van der Waals surface area (Å²) in [7, 11) is 1.77. The normalized spacial score (nSPS) is 24.6. The molecule has 3 heteroatoms. The highest BCUT2D eigenvalue weighted by Gasteiger charge is 2.47. The average molecular weight is 456 g/mol. The van der Waals surface area contributed by atoms with E-state index in [0.717, 1.165) is 31.9 Å². The molecule has 1 aliphatic carbocycles. The summed E-state index contributed by atoms with van der Waals surface area (Å²) in [6.07, 6.45) is 6.01. The lowest BCUT2D eigenvalue weighted by molar-refractivity contribution is -0.0284. The number of benzene rings is 3. The molecule has 178 valence electrons. The molecule has 0 aromatic heterocycles. The lowest BCUT2D eigenvalue weighted by atomic mass is 9.60. The van der Waals surface area contributed by atoms with Crippen LogP contribution in [0.15, 0.2) is 84.9 Å².